The van der Waals surface area contributed by atoms with E-state index in [4.69, 9.17) is 0 Å². The molecule has 5 nitrogen and oxygen atoms in total. The molecule has 0 unspecified atom stereocenters. The van der Waals surface area contributed by atoms with Crippen LogP contribution in [0.3, 0.4) is 0 Å². The van der Waals surface area contributed by atoms with E-state index < -0.39 is 22.9 Å². The van der Waals surface area contributed by atoms with Crippen LogP contribution in [0.15, 0.2) is 60.0 Å². The number of nitrogens with zero attached hydrogens (tertiary/aromatic N) is 4. The molecule has 0 aliphatic rings. The van der Waals surface area contributed by atoms with Gasteiger partial charge in [0.25, 0.3) is 0 Å². The van der Waals surface area contributed by atoms with E-state index in [-0.39, 0.29) is 22.5 Å². The van der Waals surface area contributed by atoms with Gasteiger partial charge in [-0.15, -0.1) is 0 Å². The van der Waals surface area contributed by atoms with E-state index >= 15 is 0 Å². The van der Waals surface area contributed by atoms with Gasteiger partial charge in [0.2, 0.25) is 0 Å². The van der Waals surface area contributed by atoms with Crippen LogP contribution in [-0.4, -0.2) is 19.1 Å². The van der Waals surface area contributed by atoms with Gasteiger partial charge in [-0.05, 0) is 18.2 Å². The Bertz CT molecular complexity index is 1150. The summed E-state index contributed by atoms with van der Waals surface area (Å²) in [5.41, 5.74) is -0.428. The van der Waals surface area contributed by atoms with Crippen molar-refractivity contribution in [1.29, 1.82) is 0 Å². The molecule has 0 N–H and O–H groups in total. The van der Waals surface area contributed by atoms with Crippen molar-refractivity contribution in [2.24, 2.45) is 0 Å². The van der Waals surface area contributed by atoms with Gasteiger partial charge in [-0.3, -0.25) is 13.9 Å². The molecule has 0 atom stereocenters. The van der Waals surface area contributed by atoms with Gasteiger partial charge in [0.1, 0.15) is 18.0 Å². The van der Waals surface area contributed by atoms with Crippen LogP contribution in [-0.2, 0) is 0 Å². The lowest BCUT2D eigenvalue weighted by Gasteiger charge is -2.12. The fourth-order valence-corrected chi connectivity index (χ4v) is 2.57. The van der Waals surface area contributed by atoms with Gasteiger partial charge in [-0.2, -0.15) is 0 Å². The Morgan fingerprint density at radius 2 is 1.80 bits per heavy atom. The smallest absolute Gasteiger partial charge is 0.191 e. The summed E-state index contributed by atoms with van der Waals surface area (Å²) >= 11 is 0. The lowest BCUT2D eigenvalue weighted by molar-refractivity contribution is 0.578. The lowest BCUT2D eigenvalue weighted by atomic mass is 10.2. The van der Waals surface area contributed by atoms with Crippen molar-refractivity contribution in [2.75, 3.05) is 0 Å². The maximum atomic E-state index is 14.3. The second kappa shape index (κ2) is 5.59. The van der Waals surface area contributed by atoms with Gasteiger partial charge < -0.3 is 0 Å². The van der Waals surface area contributed by atoms with Gasteiger partial charge in [0.05, 0.1) is 11.1 Å². The number of halogens is 3. The molecule has 124 valence electrons. The van der Waals surface area contributed by atoms with Crippen LogP contribution in [0.5, 0.6) is 0 Å². The highest BCUT2D eigenvalue weighted by atomic mass is 19.1. The fourth-order valence-electron chi connectivity index (χ4n) is 2.57. The van der Waals surface area contributed by atoms with Crippen molar-refractivity contribution in [2.45, 2.75) is 0 Å². The average molecular weight is 342 g/mol. The molecule has 0 bridgehead atoms. The monoisotopic (exact) mass is 342 g/mol. The largest absolute Gasteiger partial charge is 0.298 e. The van der Waals surface area contributed by atoms with Crippen molar-refractivity contribution >= 4 is 11.0 Å². The number of imidazole rings is 1. The van der Waals surface area contributed by atoms with Gasteiger partial charge in [-0.1, -0.05) is 0 Å². The molecule has 8 heteroatoms. The molecule has 0 aliphatic carbocycles. The van der Waals surface area contributed by atoms with E-state index in [0.717, 1.165) is 18.2 Å². The van der Waals surface area contributed by atoms with Crippen LogP contribution in [0.25, 0.3) is 22.5 Å². The van der Waals surface area contributed by atoms with Crippen molar-refractivity contribution in [1.82, 2.24) is 19.1 Å². The average Bonchev–Trinajstić information content (AvgIpc) is 3.10. The van der Waals surface area contributed by atoms with Crippen molar-refractivity contribution < 1.29 is 13.2 Å². The second-order valence-corrected chi connectivity index (χ2v) is 5.28. The molecule has 3 heterocycles. The first-order chi connectivity index (χ1) is 12.0. The van der Waals surface area contributed by atoms with Crippen LogP contribution in [0.2, 0.25) is 0 Å². The van der Waals surface area contributed by atoms with Crippen molar-refractivity contribution in [3.8, 4) is 11.5 Å². The Labute approximate surface area is 138 Å². The number of fused-ring (bicyclic) bond motifs is 1. The Hall–Kier alpha value is -3.42. The van der Waals surface area contributed by atoms with Crippen LogP contribution in [0, 0.1) is 17.5 Å². The number of pyridine rings is 2. The first-order valence-electron chi connectivity index (χ1n) is 7.20. The van der Waals surface area contributed by atoms with Crippen LogP contribution < -0.4 is 5.43 Å². The van der Waals surface area contributed by atoms with Crippen molar-refractivity contribution in [3.05, 3.63) is 82.9 Å². The highest BCUT2D eigenvalue weighted by Gasteiger charge is 2.15. The first kappa shape index (κ1) is 15.1. The summed E-state index contributed by atoms with van der Waals surface area (Å²) in [5, 5.41) is -0.0207. The third-order valence-electron chi connectivity index (χ3n) is 3.72. The molecule has 0 saturated carbocycles. The molecule has 4 rings (SSSR count). The van der Waals surface area contributed by atoms with Gasteiger partial charge in [-0.25, -0.2) is 23.1 Å². The Balaban J connectivity index is 2.07. The number of benzene rings is 1. The number of hydrogen-bond acceptors (Lipinski definition) is 3. The van der Waals surface area contributed by atoms with E-state index in [1.807, 2.05) is 0 Å². The molecule has 0 spiro atoms. The molecule has 0 aliphatic heterocycles. The predicted molar refractivity (Wildman–Crippen MR) is 84.3 cm³/mol. The third-order valence-corrected chi connectivity index (χ3v) is 3.72. The van der Waals surface area contributed by atoms with Gasteiger partial charge >= 0.3 is 0 Å². The highest BCUT2D eigenvalue weighted by Crippen LogP contribution is 2.21. The molecule has 0 amide bonds. The van der Waals surface area contributed by atoms with E-state index in [2.05, 4.69) is 9.97 Å². The van der Waals surface area contributed by atoms with E-state index in [0.29, 0.717) is 0 Å². The first-order valence-corrected chi connectivity index (χ1v) is 7.20. The van der Waals surface area contributed by atoms with Gasteiger partial charge in [0, 0.05) is 30.7 Å². The minimum Gasteiger partial charge on any atom is -0.298 e. The number of hydrogen-bond donors (Lipinski definition) is 0. The van der Waals surface area contributed by atoms with Crippen LogP contribution >= 0.6 is 0 Å². The summed E-state index contributed by atoms with van der Waals surface area (Å²) < 4.78 is 44.3. The topological polar surface area (TPSA) is 52.7 Å². The summed E-state index contributed by atoms with van der Waals surface area (Å²) in [5.74, 6) is -2.38. The Morgan fingerprint density at radius 1 is 0.960 bits per heavy atom. The zero-order valence-electron chi connectivity index (χ0n) is 12.5. The predicted octanol–water partition coefficient (Wildman–Crippen LogP) is 2.99. The quantitative estimate of drug-likeness (QED) is 0.563. The normalized spacial score (nSPS) is 11.2. The van der Waals surface area contributed by atoms with Gasteiger partial charge in [0.15, 0.2) is 22.7 Å². The molecular weight excluding hydrogens is 333 g/mol. The highest BCUT2D eigenvalue weighted by molar-refractivity contribution is 5.78. The summed E-state index contributed by atoms with van der Waals surface area (Å²) in [7, 11) is 0. The summed E-state index contributed by atoms with van der Waals surface area (Å²) in [6.07, 6.45) is 5.59. The maximum absolute atomic E-state index is 14.3. The summed E-state index contributed by atoms with van der Waals surface area (Å²) in [6.45, 7) is 0. The summed E-state index contributed by atoms with van der Waals surface area (Å²) in [6, 6.07) is 5.24. The molecule has 25 heavy (non-hydrogen) atoms. The zero-order chi connectivity index (χ0) is 17.6. The van der Waals surface area contributed by atoms with E-state index in [9.17, 15) is 18.0 Å². The maximum Gasteiger partial charge on any atom is 0.191 e. The molecule has 0 fully saturated rings. The SMILES string of the molecule is O=c1ccn(-c2ccc(F)cc2F)c2nc(-n3ccnc3)c(F)cc12. The zero-order valence-corrected chi connectivity index (χ0v) is 12.5. The summed E-state index contributed by atoms with van der Waals surface area (Å²) in [4.78, 5) is 20.1. The number of aromatic nitrogens is 4. The molecule has 3 aromatic heterocycles. The minimum absolute atomic E-state index is 0.0120. The fraction of sp³-hybridized carbons (Fsp3) is 0. The van der Waals surface area contributed by atoms with Crippen LogP contribution in [0.1, 0.15) is 0 Å². The minimum atomic E-state index is -0.833. The second-order valence-electron chi connectivity index (χ2n) is 5.28. The molecule has 0 saturated heterocycles. The molecule has 1 aromatic carbocycles. The van der Waals surface area contributed by atoms with E-state index in [1.165, 1.54) is 46.2 Å². The lowest BCUT2D eigenvalue weighted by Crippen LogP contribution is -2.12. The third kappa shape index (κ3) is 2.47. The van der Waals surface area contributed by atoms with Crippen molar-refractivity contribution in [3.63, 3.8) is 0 Å². The number of rotatable bonds is 2. The Kier molecular flexibility index (Phi) is 3.38. The molecule has 4 aromatic rings. The molecule has 0 radical (unpaired) electrons. The molecular formula is C17H9F3N4O. The standard InChI is InChI=1S/C17H9F3N4O/c18-10-1-2-14(12(19)7-10)24-5-3-15(25)11-8-13(20)17(22-16(11)24)23-6-4-21-9-23/h1-9H. The van der Waals surface area contributed by atoms with E-state index in [1.54, 1.807) is 0 Å². The Morgan fingerprint density at radius 3 is 2.52 bits per heavy atom. The van der Waals surface area contributed by atoms with Crippen LogP contribution in [0.4, 0.5) is 13.2 Å².